The second-order valence-electron chi connectivity index (χ2n) is 9.48. The zero-order valence-electron chi connectivity index (χ0n) is 22.4. The van der Waals surface area contributed by atoms with Crippen molar-refractivity contribution in [1.82, 2.24) is 4.90 Å². The van der Waals surface area contributed by atoms with Gasteiger partial charge in [0.05, 0.1) is 27.6 Å². The van der Waals surface area contributed by atoms with E-state index in [2.05, 4.69) is 15.5 Å². The number of hydrogen-bond donors (Lipinski definition) is 3. The number of amides is 1. The molecule has 0 fully saturated rings. The van der Waals surface area contributed by atoms with Gasteiger partial charge in [-0.25, -0.2) is 8.42 Å². The number of hydrogen-bond acceptors (Lipinski definition) is 6. The average molecular weight is 582 g/mol. The second kappa shape index (κ2) is 12.7. The van der Waals surface area contributed by atoms with Crippen molar-refractivity contribution >= 4 is 56.0 Å². The lowest BCUT2D eigenvalue weighted by atomic mass is 9.98. The summed E-state index contributed by atoms with van der Waals surface area (Å²) in [6, 6.07) is 19.0. The van der Waals surface area contributed by atoms with Gasteiger partial charge in [-0.1, -0.05) is 49.7 Å². The first-order chi connectivity index (χ1) is 19.1. The summed E-state index contributed by atoms with van der Waals surface area (Å²) in [6.07, 6.45) is 0.318. The number of carbonyl (C=O) groups is 2. The molecule has 1 amide bonds. The Morgan fingerprint density at radius 2 is 1.75 bits per heavy atom. The fourth-order valence-electron chi connectivity index (χ4n) is 4.60. The van der Waals surface area contributed by atoms with Crippen molar-refractivity contribution in [3.8, 4) is 0 Å². The number of carboxylic acid groups (broad SMARTS) is 1. The molecule has 0 bridgehead atoms. The van der Waals surface area contributed by atoms with Crippen LogP contribution in [0.2, 0.25) is 5.02 Å². The minimum atomic E-state index is -3.47. The van der Waals surface area contributed by atoms with Crippen LogP contribution in [0.4, 0.5) is 11.4 Å². The summed E-state index contributed by atoms with van der Waals surface area (Å²) in [5.41, 5.74) is 4.25. The number of fused-ring (bicyclic) bond motifs is 1. The molecular weight excluding hydrogens is 550 g/mol. The first-order valence-corrected chi connectivity index (χ1v) is 15.1. The molecule has 10 heteroatoms. The normalized spacial score (nSPS) is 14.2. The summed E-state index contributed by atoms with van der Waals surface area (Å²) in [5, 5.41) is 15.8. The molecule has 3 aromatic rings. The van der Waals surface area contributed by atoms with Crippen LogP contribution >= 0.6 is 11.6 Å². The smallest absolute Gasteiger partial charge is 0.303 e. The highest BCUT2D eigenvalue weighted by Crippen LogP contribution is 2.39. The number of carboxylic acids is 1. The van der Waals surface area contributed by atoms with E-state index in [0.29, 0.717) is 51.8 Å². The van der Waals surface area contributed by atoms with Crippen molar-refractivity contribution in [3.05, 3.63) is 88.4 Å². The molecule has 0 radical (unpaired) electrons. The molecule has 0 aromatic heterocycles. The standard InChI is InChI=1S/C30H32ClN3O5S/c1-3-34(4-2)16-17-40(38,39)24-12-10-23(11-13-24)32-29(21-7-5-6-20(18-21)8-15-27(35)36)28-25-14-9-22(31)19-26(25)33-30(28)37/h5-7,9-14,18-19,32H,3-4,8,15-17H2,1-2H3,(H,33,37)(H,35,36)/b29-28-. The van der Waals surface area contributed by atoms with Crippen molar-refractivity contribution in [3.63, 3.8) is 0 Å². The van der Waals surface area contributed by atoms with Gasteiger partial charge in [-0.2, -0.15) is 0 Å². The zero-order chi connectivity index (χ0) is 28.9. The van der Waals surface area contributed by atoms with Gasteiger partial charge in [0.2, 0.25) is 0 Å². The van der Waals surface area contributed by atoms with Gasteiger partial charge < -0.3 is 20.6 Å². The lowest BCUT2D eigenvalue weighted by molar-refractivity contribution is -0.137. The fourth-order valence-corrected chi connectivity index (χ4v) is 6.06. The van der Waals surface area contributed by atoms with Gasteiger partial charge in [0, 0.05) is 29.2 Å². The first kappa shape index (κ1) is 29.3. The maximum atomic E-state index is 13.2. The molecular formula is C30H32ClN3O5S. The third-order valence-corrected chi connectivity index (χ3v) is 8.82. The van der Waals surface area contributed by atoms with Gasteiger partial charge in [0.15, 0.2) is 9.84 Å². The first-order valence-electron chi connectivity index (χ1n) is 13.1. The van der Waals surface area contributed by atoms with Crippen LogP contribution in [-0.4, -0.2) is 55.7 Å². The van der Waals surface area contributed by atoms with Gasteiger partial charge in [-0.3, -0.25) is 9.59 Å². The van der Waals surface area contributed by atoms with Crippen LogP contribution in [-0.2, 0) is 25.8 Å². The quantitative estimate of drug-likeness (QED) is 0.245. The number of nitrogens with one attached hydrogen (secondary N) is 2. The Morgan fingerprint density at radius 3 is 2.42 bits per heavy atom. The molecule has 0 aliphatic carbocycles. The summed E-state index contributed by atoms with van der Waals surface area (Å²) >= 11 is 6.15. The van der Waals surface area contributed by atoms with Crippen molar-refractivity contribution in [2.75, 3.05) is 36.0 Å². The SMILES string of the molecule is CCN(CC)CCS(=O)(=O)c1ccc(N/C(=C2\C(=O)Nc3cc(Cl)ccc32)c2cccc(CCC(=O)O)c2)cc1. The lowest BCUT2D eigenvalue weighted by Crippen LogP contribution is -2.29. The molecule has 1 heterocycles. The number of aliphatic carboxylic acids is 1. The summed E-state index contributed by atoms with van der Waals surface area (Å²) < 4.78 is 25.9. The van der Waals surface area contributed by atoms with Crippen molar-refractivity contribution in [1.29, 1.82) is 0 Å². The molecule has 0 saturated heterocycles. The van der Waals surface area contributed by atoms with Crippen LogP contribution in [0, 0.1) is 0 Å². The van der Waals surface area contributed by atoms with E-state index < -0.39 is 15.8 Å². The topological polar surface area (TPSA) is 116 Å². The van der Waals surface area contributed by atoms with E-state index in [4.69, 9.17) is 16.7 Å². The predicted octanol–water partition coefficient (Wildman–Crippen LogP) is 5.41. The molecule has 8 nitrogen and oxygen atoms in total. The van der Waals surface area contributed by atoms with Gasteiger partial charge in [0.1, 0.15) is 0 Å². The minimum absolute atomic E-state index is 0.0190. The highest BCUT2D eigenvalue weighted by Gasteiger charge is 2.29. The lowest BCUT2D eigenvalue weighted by Gasteiger charge is -2.18. The summed E-state index contributed by atoms with van der Waals surface area (Å²) in [6.45, 7) is 6.03. The largest absolute Gasteiger partial charge is 0.481 e. The van der Waals surface area contributed by atoms with Crippen LogP contribution < -0.4 is 10.6 Å². The molecule has 0 atom stereocenters. The number of halogens is 1. The van der Waals surface area contributed by atoms with Crippen LogP contribution in [0.1, 0.15) is 37.0 Å². The molecule has 1 aliphatic heterocycles. The van der Waals surface area contributed by atoms with Crippen molar-refractivity contribution in [2.24, 2.45) is 0 Å². The highest BCUT2D eigenvalue weighted by atomic mass is 35.5. The highest BCUT2D eigenvalue weighted by molar-refractivity contribution is 7.91. The summed E-state index contributed by atoms with van der Waals surface area (Å²) in [4.78, 5) is 26.6. The second-order valence-corrected chi connectivity index (χ2v) is 12.0. The number of rotatable bonds is 12. The van der Waals surface area contributed by atoms with E-state index in [1.165, 1.54) is 0 Å². The molecule has 0 spiro atoms. The van der Waals surface area contributed by atoms with Gasteiger partial charge in [0.25, 0.3) is 5.91 Å². The maximum Gasteiger partial charge on any atom is 0.303 e. The predicted molar refractivity (Wildman–Crippen MR) is 159 cm³/mol. The Kier molecular flexibility index (Phi) is 9.29. The van der Waals surface area contributed by atoms with E-state index >= 15 is 0 Å². The van der Waals surface area contributed by atoms with Gasteiger partial charge in [-0.15, -0.1) is 0 Å². The fraction of sp³-hybridized carbons (Fsp3) is 0.267. The molecule has 210 valence electrons. The molecule has 0 saturated carbocycles. The average Bonchev–Trinajstić information content (AvgIpc) is 3.25. The van der Waals surface area contributed by atoms with Crippen LogP contribution in [0.5, 0.6) is 0 Å². The van der Waals surface area contributed by atoms with Crippen LogP contribution in [0.3, 0.4) is 0 Å². The van der Waals surface area contributed by atoms with E-state index in [1.807, 2.05) is 38.1 Å². The molecule has 4 rings (SSSR count). The molecule has 1 aliphatic rings. The number of nitrogens with zero attached hydrogens (tertiary/aromatic N) is 1. The summed E-state index contributed by atoms with van der Waals surface area (Å²) in [5.74, 6) is -1.18. The van der Waals surface area contributed by atoms with Gasteiger partial charge >= 0.3 is 5.97 Å². The molecule has 3 N–H and O–H groups in total. The Hall–Kier alpha value is -3.66. The van der Waals surface area contributed by atoms with Crippen LogP contribution in [0.15, 0.2) is 71.6 Å². The van der Waals surface area contributed by atoms with E-state index in [9.17, 15) is 18.0 Å². The third-order valence-electron chi connectivity index (χ3n) is 6.87. The van der Waals surface area contributed by atoms with E-state index in [0.717, 1.165) is 18.7 Å². The summed E-state index contributed by atoms with van der Waals surface area (Å²) in [7, 11) is -3.47. The Balaban J connectivity index is 1.71. The molecule has 0 unspecified atom stereocenters. The number of sulfone groups is 1. The van der Waals surface area contributed by atoms with E-state index in [1.54, 1.807) is 42.5 Å². The zero-order valence-corrected chi connectivity index (χ0v) is 24.0. The number of aryl methyl sites for hydroxylation is 1. The minimum Gasteiger partial charge on any atom is -0.481 e. The third kappa shape index (κ3) is 6.91. The monoisotopic (exact) mass is 581 g/mol. The number of anilines is 2. The molecule has 40 heavy (non-hydrogen) atoms. The Morgan fingerprint density at radius 1 is 1.02 bits per heavy atom. The van der Waals surface area contributed by atoms with E-state index in [-0.39, 0.29) is 23.0 Å². The Labute approximate surface area is 239 Å². The van der Waals surface area contributed by atoms with Crippen LogP contribution in [0.25, 0.3) is 11.3 Å². The Bertz CT molecular complexity index is 1550. The van der Waals surface area contributed by atoms with Gasteiger partial charge in [-0.05, 0) is 73.1 Å². The maximum absolute atomic E-state index is 13.2. The molecule has 3 aromatic carbocycles. The van der Waals surface area contributed by atoms with Crippen molar-refractivity contribution < 1.29 is 23.1 Å². The van der Waals surface area contributed by atoms with Crippen molar-refractivity contribution in [2.45, 2.75) is 31.6 Å². The number of benzene rings is 3. The number of carbonyl (C=O) groups excluding carboxylic acids is 1.